The fourth-order valence-corrected chi connectivity index (χ4v) is 3.12. The normalized spacial score (nSPS) is 10.8. The summed E-state index contributed by atoms with van der Waals surface area (Å²) in [5.41, 5.74) is 2.49. The van der Waals surface area contributed by atoms with Crippen molar-refractivity contribution in [3.8, 4) is 11.8 Å². The number of H-pyrrole nitrogens is 1. The average molecular weight is 383 g/mol. The Morgan fingerprint density at radius 1 is 1.33 bits per heavy atom. The van der Waals surface area contributed by atoms with Crippen molar-refractivity contribution in [3.05, 3.63) is 56.0 Å². The lowest BCUT2D eigenvalue weighted by molar-refractivity contribution is 0.630. The molecule has 2 aromatic carbocycles. The van der Waals surface area contributed by atoms with Crippen LogP contribution in [0.1, 0.15) is 5.56 Å². The minimum atomic E-state index is -0.508. The van der Waals surface area contributed by atoms with E-state index in [-0.39, 0.29) is 5.02 Å². The monoisotopic (exact) mass is 381 g/mol. The summed E-state index contributed by atoms with van der Waals surface area (Å²) in [6.07, 6.45) is 0. The summed E-state index contributed by atoms with van der Waals surface area (Å²) in [5.74, 6) is -0.508. The minimum Gasteiger partial charge on any atom is -0.330 e. The SMILES string of the molecule is N#Cc1ccc(-n2c(=S)[nH]c3cc(F)c(Cl)cc32)c(Br)c1. The second-order valence-corrected chi connectivity index (χ2v) is 5.98. The van der Waals surface area contributed by atoms with Crippen molar-refractivity contribution in [3.63, 3.8) is 0 Å². The zero-order valence-electron chi connectivity index (χ0n) is 10.3. The van der Waals surface area contributed by atoms with Crippen LogP contribution in [0.25, 0.3) is 16.7 Å². The molecule has 21 heavy (non-hydrogen) atoms. The van der Waals surface area contributed by atoms with E-state index in [2.05, 4.69) is 27.0 Å². The Hall–Kier alpha value is -1.68. The van der Waals surface area contributed by atoms with E-state index in [9.17, 15) is 4.39 Å². The standard InChI is InChI=1S/C14H6BrClFN3S/c15-8-3-7(6-18)1-2-12(8)20-13-4-9(16)10(17)5-11(13)19-14(20)21/h1-5H,(H,19,21). The summed E-state index contributed by atoms with van der Waals surface area (Å²) in [4.78, 5) is 2.94. The molecule has 0 radical (unpaired) electrons. The van der Waals surface area contributed by atoms with Crippen LogP contribution in [0.15, 0.2) is 34.8 Å². The van der Waals surface area contributed by atoms with Crippen LogP contribution in [-0.4, -0.2) is 9.55 Å². The van der Waals surface area contributed by atoms with Gasteiger partial charge in [-0.15, -0.1) is 0 Å². The molecule has 3 aromatic rings. The van der Waals surface area contributed by atoms with Crippen molar-refractivity contribution in [2.45, 2.75) is 0 Å². The molecule has 3 nitrogen and oxygen atoms in total. The van der Waals surface area contributed by atoms with Crippen LogP contribution >= 0.6 is 39.7 Å². The highest BCUT2D eigenvalue weighted by Crippen LogP contribution is 2.29. The van der Waals surface area contributed by atoms with Crippen LogP contribution < -0.4 is 0 Å². The van der Waals surface area contributed by atoms with E-state index < -0.39 is 5.82 Å². The second-order valence-electron chi connectivity index (χ2n) is 4.33. The Balaban J connectivity index is 2.35. The molecule has 1 aromatic heterocycles. The Bertz CT molecular complexity index is 971. The van der Waals surface area contributed by atoms with Gasteiger partial charge in [-0.1, -0.05) is 11.6 Å². The molecule has 0 spiro atoms. The second kappa shape index (κ2) is 5.26. The minimum absolute atomic E-state index is 0.0232. The molecule has 0 aliphatic carbocycles. The van der Waals surface area contributed by atoms with E-state index in [1.165, 1.54) is 12.1 Å². The fourth-order valence-electron chi connectivity index (χ4n) is 2.10. The van der Waals surface area contributed by atoms with Crippen molar-refractivity contribution in [2.24, 2.45) is 0 Å². The predicted molar refractivity (Wildman–Crippen MR) is 85.8 cm³/mol. The molecule has 1 N–H and O–H groups in total. The summed E-state index contributed by atoms with van der Waals surface area (Å²) < 4.78 is 16.4. The first-order valence-electron chi connectivity index (χ1n) is 5.81. The molecule has 7 heteroatoms. The van der Waals surface area contributed by atoms with E-state index in [0.29, 0.717) is 25.8 Å². The number of benzene rings is 2. The quantitative estimate of drug-likeness (QED) is 0.594. The van der Waals surface area contributed by atoms with Crippen molar-refractivity contribution < 1.29 is 4.39 Å². The summed E-state index contributed by atoms with van der Waals surface area (Å²) in [7, 11) is 0. The molecule has 0 aliphatic heterocycles. The molecule has 0 bridgehead atoms. The van der Waals surface area contributed by atoms with Crippen molar-refractivity contribution in [1.29, 1.82) is 5.26 Å². The van der Waals surface area contributed by atoms with Crippen molar-refractivity contribution in [1.82, 2.24) is 9.55 Å². The van der Waals surface area contributed by atoms with Crippen LogP contribution in [0.2, 0.25) is 5.02 Å². The summed E-state index contributed by atoms with van der Waals surface area (Å²) >= 11 is 14.6. The first-order chi connectivity index (χ1) is 10.0. The van der Waals surface area contributed by atoms with Gasteiger partial charge in [-0.3, -0.25) is 4.57 Å². The van der Waals surface area contributed by atoms with Gasteiger partial charge in [-0.2, -0.15) is 5.26 Å². The number of nitriles is 1. The maximum atomic E-state index is 13.5. The largest absolute Gasteiger partial charge is 0.330 e. The highest BCUT2D eigenvalue weighted by molar-refractivity contribution is 9.10. The first-order valence-corrected chi connectivity index (χ1v) is 7.39. The van der Waals surface area contributed by atoms with E-state index in [1.54, 1.807) is 22.8 Å². The number of halogens is 3. The Labute approximate surface area is 137 Å². The highest BCUT2D eigenvalue weighted by Gasteiger charge is 2.12. The topological polar surface area (TPSA) is 44.5 Å². The van der Waals surface area contributed by atoms with Crippen molar-refractivity contribution in [2.75, 3.05) is 0 Å². The third kappa shape index (κ3) is 2.38. The Morgan fingerprint density at radius 2 is 2.10 bits per heavy atom. The lowest BCUT2D eigenvalue weighted by Crippen LogP contribution is -1.96. The maximum Gasteiger partial charge on any atom is 0.182 e. The highest BCUT2D eigenvalue weighted by atomic mass is 79.9. The van der Waals surface area contributed by atoms with Gasteiger partial charge in [0.05, 0.1) is 33.4 Å². The average Bonchev–Trinajstić information content (AvgIpc) is 2.75. The number of fused-ring (bicyclic) bond motifs is 1. The third-order valence-electron chi connectivity index (χ3n) is 3.04. The maximum absolute atomic E-state index is 13.5. The van der Waals surface area contributed by atoms with Gasteiger partial charge in [-0.05, 0) is 52.4 Å². The van der Waals surface area contributed by atoms with Crippen LogP contribution in [0, 0.1) is 21.9 Å². The van der Waals surface area contributed by atoms with Gasteiger partial charge < -0.3 is 4.98 Å². The lowest BCUT2D eigenvalue weighted by atomic mass is 10.2. The van der Waals surface area contributed by atoms with Gasteiger partial charge in [0, 0.05) is 10.5 Å². The molecular weight excluding hydrogens is 377 g/mol. The first kappa shape index (κ1) is 14.3. The number of hydrogen-bond acceptors (Lipinski definition) is 2. The molecule has 0 aliphatic rings. The summed E-state index contributed by atoms with van der Waals surface area (Å²) in [5, 5.41) is 8.94. The fraction of sp³-hybridized carbons (Fsp3) is 0. The number of aromatic nitrogens is 2. The number of imidazole rings is 1. The van der Waals surface area contributed by atoms with Gasteiger partial charge in [-0.25, -0.2) is 4.39 Å². The zero-order chi connectivity index (χ0) is 15.1. The van der Waals surface area contributed by atoms with Crippen molar-refractivity contribution >= 4 is 50.8 Å². The molecule has 0 saturated carbocycles. The molecular formula is C14H6BrClFN3S. The van der Waals surface area contributed by atoms with Gasteiger partial charge in [0.15, 0.2) is 4.77 Å². The zero-order valence-corrected chi connectivity index (χ0v) is 13.5. The number of aromatic amines is 1. The lowest BCUT2D eigenvalue weighted by Gasteiger charge is -2.08. The third-order valence-corrected chi connectivity index (χ3v) is 4.25. The molecule has 104 valence electrons. The molecule has 0 atom stereocenters. The Morgan fingerprint density at radius 3 is 2.76 bits per heavy atom. The molecule has 0 saturated heterocycles. The molecule has 0 amide bonds. The number of nitrogens with zero attached hydrogens (tertiary/aromatic N) is 2. The van der Waals surface area contributed by atoms with Gasteiger partial charge in [0.2, 0.25) is 0 Å². The number of nitrogens with one attached hydrogen (secondary N) is 1. The number of rotatable bonds is 1. The molecule has 0 unspecified atom stereocenters. The van der Waals surface area contributed by atoms with Crippen LogP contribution in [0.4, 0.5) is 4.39 Å². The predicted octanol–water partition coefficient (Wildman–Crippen LogP) is 5.11. The molecule has 0 fully saturated rings. The van der Waals surface area contributed by atoms with E-state index >= 15 is 0 Å². The molecule has 3 rings (SSSR count). The van der Waals surface area contributed by atoms with Crippen LogP contribution in [0.5, 0.6) is 0 Å². The smallest absolute Gasteiger partial charge is 0.182 e. The summed E-state index contributed by atoms with van der Waals surface area (Å²) in [6, 6.07) is 10.0. The number of hydrogen-bond donors (Lipinski definition) is 1. The van der Waals surface area contributed by atoms with Crippen LogP contribution in [0.3, 0.4) is 0 Å². The summed E-state index contributed by atoms with van der Waals surface area (Å²) in [6.45, 7) is 0. The molecule has 1 heterocycles. The van der Waals surface area contributed by atoms with E-state index in [0.717, 1.165) is 5.69 Å². The van der Waals surface area contributed by atoms with E-state index in [1.807, 2.05) is 0 Å². The van der Waals surface area contributed by atoms with E-state index in [4.69, 9.17) is 29.1 Å². The van der Waals surface area contributed by atoms with Gasteiger partial charge in [0.1, 0.15) is 5.82 Å². The van der Waals surface area contributed by atoms with Gasteiger partial charge >= 0.3 is 0 Å². The van der Waals surface area contributed by atoms with Crippen LogP contribution in [-0.2, 0) is 0 Å². The van der Waals surface area contributed by atoms with Gasteiger partial charge in [0.25, 0.3) is 0 Å². The Kier molecular flexibility index (Phi) is 3.57.